The summed E-state index contributed by atoms with van der Waals surface area (Å²) in [5.74, 6) is -0.943. The van der Waals surface area contributed by atoms with Crippen LogP contribution in [-0.2, 0) is 11.2 Å². The molecule has 5 heteroatoms. The molecule has 1 fully saturated rings. The fourth-order valence-corrected chi connectivity index (χ4v) is 2.89. The lowest BCUT2D eigenvalue weighted by atomic mass is 10.1. The highest BCUT2D eigenvalue weighted by atomic mass is 16.4. The third-order valence-corrected chi connectivity index (χ3v) is 4.04. The van der Waals surface area contributed by atoms with Crippen molar-refractivity contribution in [3.05, 3.63) is 29.8 Å². The number of rotatable bonds is 3. The van der Waals surface area contributed by atoms with Crippen LogP contribution in [0.1, 0.15) is 25.3 Å². The smallest absolute Gasteiger partial charge is 0.327 e. The number of fused-ring (bicyclic) bond motifs is 1. The van der Waals surface area contributed by atoms with Crippen LogP contribution in [0.3, 0.4) is 0 Å². The molecule has 1 saturated carbocycles. The van der Waals surface area contributed by atoms with Crippen LogP contribution in [0.5, 0.6) is 0 Å². The van der Waals surface area contributed by atoms with E-state index in [9.17, 15) is 14.7 Å². The highest BCUT2D eigenvalue weighted by Gasteiger charge is 2.42. The van der Waals surface area contributed by atoms with E-state index < -0.39 is 12.0 Å². The van der Waals surface area contributed by atoms with Gasteiger partial charge in [-0.15, -0.1) is 0 Å². The maximum atomic E-state index is 12.7. The Bertz CT molecular complexity index is 554. The van der Waals surface area contributed by atoms with E-state index in [4.69, 9.17) is 0 Å². The average Bonchev–Trinajstić information content (AvgIpc) is 3.18. The number of carboxylic acids is 1. The zero-order valence-electron chi connectivity index (χ0n) is 11.5. The second-order valence-corrected chi connectivity index (χ2v) is 5.36. The van der Waals surface area contributed by atoms with E-state index >= 15 is 0 Å². The van der Waals surface area contributed by atoms with Gasteiger partial charge in [-0.25, -0.2) is 9.59 Å². The molecule has 1 aromatic carbocycles. The lowest BCUT2D eigenvalue weighted by molar-refractivity contribution is -0.138. The number of anilines is 1. The van der Waals surface area contributed by atoms with Crippen LogP contribution in [0.15, 0.2) is 24.3 Å². The summed E-state index contributed by atoms with van der Waals surface area (Å²) in [4.78, 5) is 27.4. The van der Waals surface area contributed by atoms with Crippen LogP contribution < -0.4 is 4.90 Å². The monoisotopic (exact) mass is 274 g/mol. The Morgan fingerprint density at radius 1 is 1.35 bits per heavy atom. The van der Waals surface area contributed by atoms with Gasteiger partial charge in [0, 0.05) is 24.7 Å². The van der Waals surface area contributed by atoms with Crippen molar-refractivity contribution in [3.8, 4) is 0 Å². The zero-order valence-corrected chi connectivity index (χ0v) is 11.5. The number of benzene rings is 1. The summed E-state index contributed by atoms with van der Waals surface area (Å²) in [6.07, 6.45) is 2.43. The second kappa shape index (κ2) is 4.81. The molecule has 1 heterocycles. The van der Waals surface area contributed by atoms with Crippen LogP contribution in [0.2, 0.25) is 0 Å². The van der Waals surface area contributed by atoms with E-state index in [1.165, 1.54) is 4.90 Å². The molecular weight excluding hydrogens is 256 g/mol. The number of para-hydroxylation sites is 1. The molecule has 1 N–H and O–H groups in total. The molecule has 0 aromatic heterocycles. The van der Waals surface area contributed by atoms with Gasteiger partial charge in [0.2, 0.25) is 0 Å². The number of hydrogen-bond donors (Lipinski definition) is 1. The van der Waals surface area contributed by atoms with Gasteiger partial charge in [0.1, 0.15) is 6.04 Å². The van der Waals surface area contributed by atoms with Gasteiger partial charge in [-0.1, -0.05) is 18.2 Å². The normalized spacial score (nSPS) is 20.6. The molecule has 5 nitrogen and oxygen atoms in total. The summed E-state index contributed by atoms with van der Waals surface area (Å²) in [5, 5.41) is 9.40. The van der Waals surface area contributed by atoms with Crippen molar-refractivity contribution in [1.29, 1.82) is 0 Å². The minimum absolute atomic E-state index is 0.174. The summed E-state index contributed by atoms with van der Waals surface area (Å²) in [6, 6.07) is 6.78. The van der Waals surface area contributed by atoms with Gasteiger partial charge in [0.25, 0.3) is 0 Å². The first-order valence-electron chi connectivity index (χ1n) is 7.04. The van der Waals surface area contributed by atoms with Crippen molar-refractivity contribution in [2.45, 2.75) is 38.3 Å². The average molecular weight is 274 g/mol. The number of nitrogens with zero attached hydrogens (tertiary/aromatic N) is 2. The van der Waals surface area contributed by atoms with Crippen molar-refractivity contribution >= 4 is 17.7 Å². The lowest BCUT2D eigenvalue weighted by Crippen LogP contribution is -2.50. The molecule has 2 aliphatic rings. The number of amides is 2. The van der Waals surface area contributed by atoms with Gasteiger partial charge in [0.05, 0.1) is 0 Å². The van der Waals surface area contributed by atoms with Gasteiger partial charge < -0.3 is 10.0 Å². The van der Waals surface area contributed by atoms with Crippen LogP contribution >= 0.6 is 0 Å². The summed E-state index contributed by atoms with van der Waals surface area (Å²) in [7, 11) is 0. The Morgan fingerprint density at radius 2 is 2.05 bits per heavy atom. The summed E-state index contributed by atoms with van der Waals surface area (Å²) < 4.78 is 0. The number of carboxylic acid groups (broad SMARTS) is 1. The molecule has 2 amide bonds. The maximum absolute atomic E-state index is 12.7. The van der Waals surface area contributed by atoms with Crippen LogP contribution in [0.25, 0.3) is 0 Å². The highest BCUT2D eigenvalue weighted by Crippen LogP contribution is 2.35. The Hall–Kier alpha value is -2.04. The molecule has 1 aromatic rings. The molecule has 1 aliphatic carbocycles. The fourth-order valence-electron chi connectivity index (χ4n) is 2.89. The van der Waals surface area contributed by atoms with E-state index in [1.54, 1.807) is 4.90 Å². The van der Waals surface area contributed by atoms with Gasteiger partial charge in [-0.2, -0.15) is 0 Å². The third-order valence-electron chi connectivity index (χ3n) is 4.04. The predicted octanol–water partition coefficient (Wildman–Crippen LogP) is 2.11. The molecule has 0 spiro atoms. The van der Waals surface area contributed by atoms with E-state index in [1.807, 2.05) is 31.2 Å². The van der Waals surface area contributed by atoms with Gasteiger partial charge >= 0.3 is 12.0 Å². The third kappa shape index (κ3) is 2.03. The topological polar surface area (TPSA) is 60.9 Å². The summed E-state index contributed by atoms with van der Waals surface area (Å²) >= 11 is 0. The molecule has 1 atom stereocenters. The Labute approximate surface area is 117 Å². The fraction of sp³-hybridized carbons (Fsp3) is 0.467. The van der Waals surface area contributed by atoms with E-state index in [-0.39, 0.29) is 12.1 Å². The number of carbonyl (C=O) groups is 2. The number of hydrogen-bond acceptors (Lipinski definition) is 2. The van der Waals surface area contributed by atoms with Crippen molar-refractivity contribution < 1.29 is 14.7 Å². The molecule has 3 rings (SSSR count). The first kappa shape index (κ1) is 13.0. The largest absolute Gasteiger partial charge is 0.480 e. The SMILES string of the molecule is CCN(C(=O)N1c2ccccc2C[C@H]1C(=O)O)C1CC1. The van der Waals surface area contributed by atoms with Crippen molar-refractivity contribution in [2.75, 3.05) is 11.4 Å². The Kier molecular flexibility index (Phi) is 3.12. The van der Waals surface area contributed by atoms with Gasteiger partial charge in [0.15, 0.2) is 0 Å². The quantitative estimate of drug-likeness (QED) is 0.918. The second-order valence-electron chi connectivity index (χ2n) is 5.36. The lowest BCUT2D eigenvalue weighted by Gasteiger charge is -2.30. The van der Waals surface area contributed by atoms with Gasteiger partial charge in [-0.3, -0.25) is 4.90 Å². The first-order valence-corrected chi connectivity index (χ1v) is 7.04. The molecular formula is C15H18N2O3. The Morgan fingerprint density at radius 3 is 2.65 bits per heavy atom. The minimum Gasteiger partial charge on any atom is -0.480 e. The first-order chi connectivity index (χ1) is 9.63. The molecule has 1 aliphatic heterocycles. The summed E-state index contributed by atoms with van der Waals surface area (Å²) in [5.41, 5.74) is 1.67. The van der Waals surface area contributed by atoms with Gasteiger partial charge in [-0.05, 0) is 31.4 Å². The molecule has 20 heavy (non-hydrogen) atoms. The minimum atomic E-state index is -0.943. The molecule has 0 radical (unpaired) electrons. The molecule has 0 saturated heterocycles. The Balaban J connectivity index is 1.95. The molecule has 0 bridgehead atoms. The molecule has 106 valence electrons. The van der Waals surface area contributed by atoms with E-state index in [2.05, 4.69) is 0 Å². The zero-order chi connectivity index (χ0) is 14.3. The van der Waals surface area contributed by atoms with Crippen molar-refractivity contribution in [3.63, 3.8) is 0 Å². The van der Waals surface area contributed by atoms with E-state index in [0.29, 0.717) is 13.0 Å². The van der Waals surface area contributed by atoms with Crippen LogP contribution in [0.4, 0.5) is 10.5 Å². The number of carbonyl (C=O) groups excluding carboxylic acids is 1. The summed E-state index contributed by atoms with van der Waals surface area (Å²) in [6.45, 7) is 2.56. The van der Waals surface area contributed by atoms with E-state index in [0.717, 1.165) is 24.1 Å². The van der Waals surface area contributed by atoms with Crippen LogP contribution in [-0.4, -0.2) is 40.6 Å². The van der Waals surface area contributed by atoms with Crippen molar-refractivity contribution in [2.24, 2.45) is 0 Å². The number of urea groups is 1. The highest BCUT2D eigenvalue weighted by molar-refractivity contribution is 6.01. The predicted molar refractivity (Wildman–Crippen MR) is 74.8 cm³/mol. The van der Waals surface area contributed by atoms with Crippen LogP contribution in [0, 0.1) is 0 Å². The van der Waals surface area contributed by atoms with Crippen molar-refractivity contribution in [1.82, 2.24) is 4.90 Å². The molecule has 0 unspecified atom stereocenters. The maximum Gasteiger partial charge on any atom is 0.327 e. The number of aliphatic carboxylic acids is 1. The standard InChI is InChI=1S/C15H18N2O3/c1-2-16(11-7-8-11)15(20)17-12-6-4-3-5-10(12)9-13(17)14(18)19/h3-6,11,13H,2,7-9H2,1H3,(H,18,19)/t13-/m0/s1.